The third kappa shape index (κ3) is 1.89. The van der Waals surface area contributed by atoms with E-state index in [0.717, 1.165) is 37.1 Å². The zero-order valence-electron chi connectivity index (χ0n) is 15.0. The topological polar surface area (TPSA) is 34.5 Å². The number of rotatable bonds is 1. The van der Waals surface area contributed by atoms with Crippen LogP contribution in [0.15, 0.2) is 35.6 Å². The zero-order chi connectivity index (χ0) is 17.3. The van der Waals surface area contributed by atoms with Gasteiger partial charge >= 0.3 is 0 Å². The first-order chi connectivity index (χ1) is 12.1. The predicted molar refractivity (Wildman–Crippen MR) is 97.2 cm³/mol. The highest BCUT2D eigenvalue weighted by Crippen LogP contribution is 2.51. The molecule has 3 aliphatic rings. The van der Waals surface area contributed by atoms with Gasteiger partial charge in [0.2, 0.25) is 0 Å². The second kappa shape index (κ2) is 5.21. The summed E-state index contributed by atoms with van der Waals surface area (Å²) in [4.78, 5) is 14.3. The second-order valence-electron chi connectivity index (χ2n) is 7.84. The first-order valence-electron chi connectivity index (χ1n) is 9.18. The number of carbonyl (C=O) groups is 1. The standard InChI is InChI=1S/C21H24N2O2/c1-12-16(10-24)14-8-20-21-15(9-19(22(20)2)17(14)11-25-12)13-6-4-5-7-18(13)23(21)3/h4-7,10,14,17,19-20H,8-9,11H2,1-3H3. The molecule has 4 nitrogen and oxygen atoms in total. The molecule has 3 aliphatic heterocycles. The quantitative estimate of drug-likeness (QED) is 0.750. The molecule has 1 aromatic carbocycles. The number of hydrogen-bond donors (Lipinski definition) is 0. The molecule has 25 heavy (non-hydrogen) atoms. The van der Waals surface area contributed by atoms with Gasteiger partial charge in [0, 0.05) is 41.2 Å². The summed E-state index contributed by atoms with van der Waals surface area (Å²) in [5.41, 5.74) is 5.15. The van der Waals surface area contributed by atoms with Crippen molar-refractivity contribution in [2.75, 3.05) is 13.7 Å². The molecule has 2 bridgehead atoms. The minimum atomic E-state index is 0.323. The Morgan fingerprint density at radius 3 is 2.84 bits per heavy atom. The van der Waals surface area contributed by atoms with Crippen molar-refractivity contribution in [2.24, 2.45) is 18.9 Å². The maximum atomic E-state index is 11.7. The van der Waals surface area contributed by atoms with Crippen molar-refractivity contribution in [2.45, 2.75) is 31.8 Å². The van der Waals surface area contributed by atoms with Crippen LogP contribution in [0.5, 0.6) is 0 Å². The van der Waals surface area contributed by atoms with Crippen LogP contribution in [0.4, 0.5) is 0 Å². The van der Waals surface area contributed by atoms with Crippen LogP contribution >= 0.6 is 0 Å². The van der Waals surface area contributed by atoms with Crippen LogP contribution in [0.25, 0.3) is 10.9 Å². The smallest absolute Gasteiger partial charge is 0.149 e. The van der Waals surface area contributed by atoms with Gasteiger partial charge in [-0.2, -0.15) is 0 Å². The molecule has 4 heterocycles. The Hall–Kier alpha value is -2.07. The molecule has 0 amide bonds. The van der Waals surface area contributed by atoms with E-state index in [0.29, 0.717) is 23.9 Å². The number of allylic oxidation sites excluding steroid dienone is 2. The maximum absolute atomic E-state index is 11.7. The molecular weight excluding hydrogens is 312 g/mol. The summed E-state index contributed by atoms with van der Waals surface area (Å²) in [5, 5.41) is 1.39. The fraction of sp³-hybridized carbons (Fsp3) is 0.476. The summed E-state index contributed by atoms with van der Waals surface area (Å²) in [6, 6.07) is 9.53. The number of likely N-dealkylation sites (N-methyl/N-ethyl adjacent to an activating group) is 1. The van der Waals surface area contributed by atoms with Crippen molar-refractivity contribution in [3.05, 3.63) is 46.9 Å². The number of aryl methyl sites for hydroxylation is 1. The Morgan fingerprint density at radius 1 is 1.24 bits per heavy atom. The lowest BCUT2D eigenvalue weighted by Crippen LogP contribution is -2.55. The van der Waals surface area contributed by atoms with Crippen LogP contribution in [-0.4, -0.2) is 35.4 Å². The SMILES string of the molecule is CC1=C(C=O)C2CC3c4c(c5ccccc5n4C)CC(C2CO1)N3C. The summed E-state index contributed by atoms with van der Waals surface area (Å²) in [5.74, 6) is 1.55. The molecule has 5 rings (SSSR count). The predicted octanol–water partition coefficient (Wildman–Crippen LogP) is 3.22. The Kier molecular flexibility index (Phi) is 3.17. The molecule has 4 heteroatoms. The van der Waals surface area contributed by atoms with Crippen molar-refractivity contribution in [1.82, 2.24) is 9.47 Å². The Morgan fingerprint density at radius 2 is 2.04 bits per heavy atom. The van der Waals surface area contributed by atoms with Crippen molar-refractivity contribution >= 4 is 17.2 Å². The first-order valence-corrected chi connectivity index (χ1v) is 9.18. The van der Waals surface area contributed by atoms with Crippen LogP contribution < -0.4 is 0 Å². The molecule has 0 aliphatic carbocycles. The molecular formula is C21H24N2O2. The number of para-hydroxylation sites is 1. The number of fused-ring (bicyclic) bond motifs is 8. The van der Waals surface area contributed by atoms with Crippen molar-refractivity contribution in [3.63, 3.8) is 0 Å². The molecule has 4 atom stereocenters. The second-order valence-corrected chi connectivity index (χ2v) is 7.84. The van der Waals surface area contributed by atoms with Crippen LogP contribution in [0.2, 0.25) is 0 Å². The van der Waals surface area contributed by atoms with Gasteiger partial charge < -0.3 is 9.30 Å². The summed E-state index contributed by atoms with van der Waals surface area (Å²) in [7, 11) is 4.44. The molecule has 0 spiro atoms. The molecule has 4 unspecified atom stereocenters. The van der Waals surface area contributed by atoms with Crippen LogP contribution in [-0.2, 0) is 23.0 Å². The van der Waals surface area contributed by atoms with Crippen LogP contribution in [0, 0.1) is 11.8 Å². The minimum absolute atomic E-state index is 0.323. The number of carbonyl (C=O) groups excluding carboxylic acids is 1. The number of ether oxygens (including phenoxy) is 1. The van der Waals surface area contributed by atoms with Gasteiger partial charge in [0.15, 0.2) is 0 Å². The van der Waals surface area contributed by atoms with E-state index >= 15 is 0 Å². The number of piperidine rings is 1. The van der Waals surface area contributed by atoms with E-state index < -0.39 is 0 Å². The molecule has 130 valence electrons. The molecule has 1 fully saturated rings. The lowest BCUT2D eigenvalue weighted by molar-refractivity contribution is -0.107. The van der Waals surface area contributed by atoms with Crippen molar-refractivity contribution in [1.29, 1.82) is 0 Å². The largest absolute Gasteiger partial charge is 0.497 e. The van der Waals surface area contributed by atoms with Crippen LogP contribution in [0.3, 0.4) is 0 Å². The van der Waals surface area contributed by atoms with Gasteiger partial charge in [-0.05, 0) is 44.4 Å². The Labute approximate surface area is 148 Å². The molecule has 1 aromatic heterocycles. The maximum Gasteiger partial charge on any atom is 0.149 e. The summed E-state index contributed by atoms with van der Waals surface area (Å²) < 4.78 is 8.26. The van der Waals surface area contributed by atoms with E-state index in [1.165, 1.54) is 22.2 Å². The Bertz CT molecular complexity index is 910. The molecule has 1 saturated heterocycles. The van der Waals surface area contributed by atoms with E-state index in [2.05, 4.69) is 47.8 Å². The van der Waals surface area contributed by atoms with E-state index in [4.69, 9.17) is 4.74 Å². The van der Waals surface area contributed by atoms with Gasteiger partial charge in [0.1, 0.15) is 6.29 Å². The zero-order valence-corrected chi connectivity index (χ0v) is 15.0. The number of aldehydes is 1. The lowest BCUT2D eigenvalue weighted by Gasteiger charge is -2.53. The highest BCUT2D eigenvalue weighted by Gasteiger charge is 2.50. The average Bonchev–Trinajstić information content (AvgIpc) is 2.88. The van der Waals surface area contributed by atoms with Crippen LogP contribution in [0.1, 0.15) is 30.6 Å². The van der Waals surface area contributed by atoms with Crippen molar-refractivity contribution < 1.29 is 9.53 Å². The monoisotopic (exact) mass is 336 g/mol. The van der Waals surface area contributed by atoms with Gasteiger partial charge in [-0.15, -0.1) is 0 Å². The highest BCUT2D eigenvalue weighted by atomic mass is 16.5. The third-order valence-electron chi connectivity index (χ3n) is 6.92. The number of aromatic nitrogens is 1. The van der Waals surface area contributed by atoms with Gasteiger partial charge in [0.25, 0.3) is 0 Å². The minimum Gasteiger partial charge on any atom is -0.497 e. The van der Waals surface area contributed by atoms with Gasteiger partial charge in [0.05, 0.1) is 18.4 Å². The van der Waals surface area contributed by atoms with Gasteiger partial charge in [-0.3, -0.25) is 9.69 Å². The third-order valence-corrected chi connectivity index (χ3v) is 6.92. The average molecular weight is 336 g/mol. The van der Waals surface area contributed by atoms with Crippen molar-refractivity contribution in [3.8, 4) is 0 Å². The Balaban J connectivity index is 1.69. The molecule has 0 N–H and O–H groups in total. The number of benzene rings is 1. The summed E-state index contributed by atoms with van der Waals surface area (Å²) >= 11 is 0. The van der Waals surface area contributed by atoms with E-state index in [1.807, 2.05) is 6.92 Å². The summed E-state index contributed by atoms with van der Waals surface area (Å²) in [6.45, 7) is 2.67. The van der Waals surface area contributed by atoms with Gasteiger partial charge in [-0.25, -0.2) is 0 Å². The van der Waals surface area contributed by atoms with E-state index in [1.54, 1.807) is 0 Å². The number of hydrogen-bond acceptors (Lipinski definition) is 3. The number of nitrogens with zero attached hydrogens (tertiary/aromatic N) is 2. The molecule has 2 aromatic rings. The van der Waals surface area contributed by atoms with E-state index in [9.17, 15) is 4.79 Å². The summed E-state index contributed by atoms with van der Waals surface area (Å²) in [6.07, 6.45) is 3.08. The molecule has 0 saturated carbocycles. The van der Waals surface area contributed by atoms with E-state index in [-0.39, 0.29) is 0 Å². The fourth-order valence-electron chi connectivity index (χ4n) is 5.64. The van der Waals surface area contributed by atoms with Gasteiger partial charge in [-0.1, -0.05) is 18.2 Å². The normalized spacial score (nSPS) is 31.5. The first kappa shape index (κ1) is 15.2. The lowest BCUT2D eigenvalue weighted by atomic mass is 9.67. The fourth-order valence-corrected chi connectivity index (χ4v) is 5.64. The molecule has 0 radical (unpaired) electrons. The highest BCUT2D eigenvalue weighted by molar-refractivity contribution is 5.86.